The number of hydrogen-bond donors (Lipinski definition) is 2. The Hall–Kier alpha value is -4.71. The number of carbonyl (C=O) groups is 5. The van der Waals surface area contributed by atoms with Crippen LogP contribution in [0.1, 0.15) is 68.9 Å². The fourth-order valence-corrected chi connectivity index (χ4v) is 9.31. The third-order valence-electron chi connectivity index (χ3n) is 10.9. The van der Waals surface area contributed by atoms with Crippen LogP contribution in [0, 0.1) is 11.8 Å². The van der Waals surface area contributed by atoms with Crippen molar-refractivity contribution in [3.63, 3.8) is 0 Å². The minimum absolute atomic E-state index is 0.133. The average molecular weight is 754 g/mol. The zero-order chi connectivity index (χ0) is 37.9. The van der Waals surface area contributed by atoms with E-state index >= 15 is 0 Å². The summed E-state index contributed by atoms with van der Waals surface area (Å²) in [5, 5.41) is 6.07. The predicted octanol–water partition coefficient (Wildman–Crippen LogP) is 5.08. The fourth-order valence-electron chi connectivity index (χ4n) is 7.92. The molecular weight excluding hydrogens is 703 g/mol. The number of thioether (sulfide) groups is 1. The van der Waals surface area contributed by atoms with Crippen LogP contribution in [-0.4, -0.2) is 82.4 Å². The molecule has 0 aliphatic carbocycles. The Kier molecular flexibility index (Phi) is 13.8. The van der Waals surface area contributed by atoms with Gasteiger partial charge in [0.05, 0.1) is 24.4 Å². The molecule has 0 spiro atoms. The van der Waals surface area contributed by atoms with Crippen LogP contribution in [0.3, 0.4) is 0 Å². The standard InChI is InChI=1S/C42H51N5O6S/c1-53-42(52)36-18-10-19-37-47(36)41(51)35(22-25-54-37)45-39(49)32(27-30-14-6-3-7-15-30)21-20-31(26-29-12-4-2-5-13-29)38(48)44-34-17-8-9-24-46(40(34)50)33-16-11-23-43-28-33/h2-7,11-16,23,28,31-32,34-37H,8-10,17-22,24-27H2,1H3,(H,44,48)(H,45,49)/t31-,32-,34+,35+,36+,37+/m1/s1. The second kappa shape index (κ2) is 19.1. The normalized spacial score (nSPS) is 22.9. The summed E-state index contributed by atoms with van der Waals surface area (Å²) in [6, 6.07) is 21.1. The maximum Gasteiger partial charge on any atom is 0.328 e. The van der Waals surface area contributed by atoms with Crippen molar-refractivity contribution >= 4 is 47.0 Å². The van der Waals surface area contributed by atoms with E-state index in [1.54, 1.807) is 40.0 Å². The van der Waals surface area contributed by atoms with Gasteiger partial charge in [-0.15, -0.1) is 11.8 Å². The highest BCUT2D eigenvalue weighted by molar-refractivity contribution is 7.99. The van der Waals surface area contributed by atoms with E-state index in [1.807, 2.05) is 66.7 Å². The van der Waals surface area contributed by atoms with Crippen LogP contribution in [-0.2, 0) is 41.6 Å². The summed E-state index contributed by atoms with van der Waals surface area (Å²) in [5.74, 6) is -1.66. The topological polar surface area (TPSA) is 138 Å². The maximum absolute atomic E-state index is 14.3. The number of carbonyl (C=O) groups excluding carboxylic acids is 5. The molecule has 11 nitrogen and oxygen atoms in total. The number of aromatic nitrogens is 1. The minimum atomic E-state index is -0.772. The molecule has 0 bridgehead atoms. The van der Waals surface area contributed by atoms with Gasteiger partial charge < -0.3 is 25.2 Å². The Labute approximate surface area is 322 Å². The zero-order valence-corrected chi connectivity index (χ0v) is 31.8. The van der Waals surface area contributed by atoms with Gasteiger partial charge in [0.15, 0.2) is 0 Å². The van der Waals surface area contributed by atoms with Crippen LogP contribution in [0.2, 0.25) is 0 Å². The molecule has 2 aromatic carbocycles. The van der Waals surface area contributed by atoms with Crippen LogP contribution in [0.5, 0.6) is 0 Å². The van der Waals surface area contributed by atoms with Gasteiger partial charge in [-0.3, -0.25) is 24.2 Å². The van der Waals surface area contributed by atoms with Crippen molar-refractivity contribution in [2.45, 2.75) is 94.1 Å². The number of fused-ring (bicyclic) bond motifs is 1. The van der Waals surface area contributed by atoms with Crippen molar-refractivity contribution in [3.8, 4) is 0 Å². The molecule has 6 rings (SSSR count). The number of benzene rings is 2. The molecule has 4 heterocycles. The molecule has 3 fully saturated rings. The lowest BCUT2D eigenvalue weighted by atomic mass is 9.86. The highest BCUT2D eigenvalue weighted by Crippen LogP contribution is 2.35. The van der Waals surface area contributed by atoms with Crippen molar-refractivity contribution in [3.05, 3.63) is 96.3 Å². The number of hydrogen-bond acceptors (Lipinski definition) is 8. The Morgan fingerprint density at radius 3 is 2.00 bits per heavy atom. The molecule has 2 N–H and O–H groups in total. The van der Waals surface area contributed by atoms with Crippen LogP contribution < -0.4 is 15.5 Å². The second-order valence-corrected chi connectivity index (χ2v) is 15.8. The van der Waals surface area contributed by atoms with Gasteiger partial charge in [0.2, 0.25) is 23.6 Å². The van der Waals surface area contributed by atoms with Crippen molar-refractivity contribution in [1.29, 1.82) is 0 Å². The molecule has 3 aliphatic heterocycles. The molecule has 54 heavy (non-hydrogen) atoms. The van der Waals surface area contributed by atoms with Crippen LogP contribution in [0.4, 0.5) is 5.69 Å². The molecule has 12 heteroatoms. The first-order valence-corrected chi connectivity index (χ1v) is 20.3. The number of pyridine rings is 1. The Balaban J connectivity index is 1.20. The molecule has 3 aromatic rings. The largest absolute Gasteiger partial charge is 0.467 e. The molecule has 4 amide bonds. The van der Waals surface area contributed by atoms with Crippen molar-refractivity contribution < 1.29 is 28.7 Å². The number of piperidine rings is 1. The Morgan fingerprint density at radius 2 is 1.41 bits per heavy atom. The Bertz CT molecular complexity index is 1730. The summed E-state index contributed by atoms with van der Waals surface area (Å²) < 4.78 is 5.06. The van der Waals surface area contributed by atoms with Gasteiger partial charge in [0.1, 0.15) is 18.1 Å². The van der Waals surface area contributed by atoms with E-state index in [-0.39, 0.29) is 29.0 Å². The lowest BCUT2D eigenvalue weighted by Gasteiger charge is -2.40. The van der Waals surface area contributed by atoms with E-state index in [9.17, 15) is 24.0 Å². The number of amides is 4. The van der Waals surface area contributed by atoms with Gasteiger partial charge in [0.25, 0.3) is 0 Å². The number of methoxy groups -OCH3 is 1. The van der Waals surface area contributed by atoms with Crippen molar-refractivity contribution in [2.75, 3.05) is 24.3 Å². The van der Waals surface area contributed by atoms with Gasteiger partial charge >= 0.3 is 5.97 Å². The lowest BCUT2D eigenvalue weighted by molar-refractivity contribution is -0.156. The van der Waals surface area contributed by atoms with Gasteiger partial charge in [-0.05, 0) is 99.6 Å². The minimum Gasteiger partial charge on any atom is -0.467 e. The maximum atomic E-state index is 14.3. The lowest BCUT2D eigenvalue weighted by Crippen LogP contribution is -2.57. The average Bonchev–Trinajstić information content (AvgIpc) is 3.48. The molecule has 3 saturated heterocycles. The van der Waals surface area contributed by atoms with E-state index < -0.39 is 35.9 Å². The van der Waals surface area contributed by atoms with E-state index in [4.69, 9.17) is 4.74 Å². The summed E-state index contributed by atoms with van der Waals surface area (Å²) >= 11 is 1.65. The second-order valence-electron chi connectivity index (χ2n) is 14.5. The van der Waals surface area contributed by atoms with E-state index in [0.717, 1.165) is 36.8 Å². The molecular formula is C42H51N5O6S. The molecule has 0 radical (unpaired) electrons. The number of nitrogens with one attached hydrogen (secondary N) is 2. The van der Waals surface area contributed by atoms with Gasteiger partial charge in [-0.2, -0.15) is 0 Å². The van der Waals surface area contributed by atoms with E-state index in [0.29, 0.717) is 62.9 Å². The van der Waals surface area contributed by atoms with Gasteiger partial charge in [0, 0.05) is 24.6 Å². The summed E-state index contributed by atoms with van der Waals surface area (Å²) in [6.45, 7) is 0.560. The highest BCUT2D eigenvalue weighted by Gasteiger charge is 2.44. The number of nitrogens with zero attached hydrogens (tertiary/aromatic N) is 3. The zero-order valence-electron chi connectivity index (χ0n) is 30.9. The summed E-state index contributed by atoms with van der Waals surface area (Å²) in [4.78, 5) is 76.6. The molecule has 286 valence electrons. The number of esters is 1. The fraction of sp³-hybridized carbons (Fsp3) is 0.476. The number of anilines is 1. The van der Waals surface area contributed by atoms with Crippen molar-refractivity contribution in [2.24, 2.45) is 11.8 Å². The quantitative estimate of drug-likeness (QED) is 0.231. The first-order valence-electron chi connectivity index (χ1n) is 19.2. The number of ether oxygens (including phenoxy) is 1. The highest BCUT2D eigenvalue weighted by atomic mass is 32.2. The monoisotopic (exact) mass is 753 g/mol. The number of rotatable bonds is 13. The smallest absolute Gasteiger partial charge is 0.328 e. The van der Waals surface area contributed by atoms with Crippen LogP contribution >= 0.6 is 11.8 Å². The van der Waals surface area contributed by atoms with Gasteiger partial charge in [-0.25, -0.2) is 4.79 Å². The van der Waals surface area contributed by atoms with Crippen LogP contribution in [0.15, 0.2) is 85.2 Å². The van der Waals surface area contributed by atoms with E-state index in [1.165, 1.54) is 7.11 Å². The third-order valence-corrected chi connectivity index (χ3v) is 12.2. The Morgan fingerprint density at radius 1 is 0.778 bits per heavy atom. The van der Waals surface area contributed by atoms with Crippen LogP contribution in [0.25, 0.3) is 0 Å². The molecule has 3 aliphatic rings. The van der Waals surface area contributed by atoms with Crippen molar-refractivity contribution in [1.82, 2.24) is 20.5 Å². The first-order chi connectivity index (χ1) is 26.3. The predicted molar refractivity (Wildman–Crippen MR) is 208 cm³/mol. The first kappa shape index (κ1) is 39.0. The SMILES string of the molecule is COC(=O)[C@@H]1CCC[C@@H]2SCC[C@H](NC(=O)[C@H](CC[C@H](Cc3ccccc3)C(=O)N[C@H]3CCCCN(c4cccnc4)C3=O)Cc3ccccc3)C(=O)N21. The summed E-state index contributed by atoms with van der Waals surface area (Å²) in [5.41, 5.74) is 2.68. The van der Waals surface area contributed by atoms with E-state index in [2.05, 4.69) is 15.6 Å². The summed E-state index contributed by atoms with van der Waals surface area (Å²) in [6.07, 6.45) is 9.77. The summed E-state index contributed by atoms with van der Waals surface area (Å²) in [7, 11) is 1.34. The van der Waals surface area contributed by atoms with Gasteiger partial charge in [-0.1, -0.05) is 60.7 Å². The molecule has 0 unspecified atom stereocenters. The third kappa shape index (κ3) is 9.88. The molecule has 6 atom stereocenters. The molecule has 1 aromatic heterocycles. The molecule has 0 saturated carbocycles.